The van der Waals surface area contributed by atoms with Crippen LogP contribution in [0.25, 0.3) is 17.2 Å². The van der Waals surface area contributed by atoms with Crippen molar-refractivity contribution in [1.82, 2.24) is 0 Å². The molecule has 1 unspecified atom stereocenters. The van der Waals surface area contributed by atoms with E-state index in [1.54, 1.807) is 13.0 Å². The van der Waals surface area contributed by atoms with Crippen molar-refractivity contribution < 1.29 is 5.11 Å². The summed E-state index contributed by atoms with van der Waals surface area (Å²) in [5.74, 6) is 0. The zero-order valence-corrected chi connectivity index (χ0v) is 10.9. The summed E-state index contributed by atoms with van der Waals surface area (Å²) in [6.45, 7) is 1.73. The van der Waals surface area contributed by atoms with E-state index in [-0.39, 0.29) is 0 Å². The lowest BCUT2D eigenvalue weighted by Crippen LogP contribution is -1.91. The Morgan fingerprint density at radius 1 is 1.06 bits per heavy atom. The van der Waals surface area contributed by atoms with Crippen LogP contribution >= 0.6 is 11.6 Å². The Kier molecular flexibility index (Phi) is 4.19. The molecule has 1 N–H and O–H groups in total. The first-order valence-electron chi connectivity index (χ1n) is 5.88. The lowest BCUT2D eigenvalue weighted by atomic mass is 10.0. The van der Waals surface area contributed by atoms with Crippen molar-refractivity contribution in [3.8, 4) is 11.1 Å². The summed E-state index contributed by atoms with van der Waals surface area (Å²) in [6.07, 6.45) is 3.24. The highest BCUT2D eigenvalue weighted by atomic mass is 35.5. The molecular formula is C16H15ClO. The number of halogens is 1. The summed E-state index contributed by atoms with van der Waals surface area (Å²) in [7, 11) is 0. The van der Waals surface area contributed by atoms with Gasteiger partial charge >= 0.3 is 0 Å². The van der Waals surface area contributed by atoms with Crippen molar-refractivity contribution in [2.24, 2.45) is 0 Å². The van der Waals surface area contributed by atoms with E-state index >= 15 is 0 Å². The maximum Gasteiger partial charge on any atom is 0.0696 e. The molecule has 2 aromatic rings. The van der Waals surface area contributed by atoms with Crippen LogP contribution in [-0.4, -0.2) is 11.2 Å². The zero-order chi connectivity index (χ0) is 13.0. The molecule has 1 nitrogen and oxygen atoms in total. The van der Waals surface area contributed by atoms with Gasteiger partial charge in [-0.2, -0.15) is 0 Å². The number of benzene rings is 2. The second kappa shape index (κ2) is 5.85. The molecule has 2 aromatic carbocycles. The molecule has 0 saturated carbocycles. The minimum Gasteiger partial charge on any atom is -0.389 e. The summed E-state index contributed by atoms with van der Waals surface area (Å²) in [4.78, 5) is 0. The largest absolute Gasteiger partial charge is 0.389 e. The van der Waals surface area contributed by atoms with Crippen LogP contribution in [0.4, 0.5) is 0 Å². The molecule has 2 heteroatoms. The SMILES string of the molecule is CC(O)C=Cc1ccc(-c2ccccc2Cl)cc1. The second-order valence-electron chi connectivity index (χ2n) is 4.20. The maximum absolute atomic E-state index is 9.18. The van der Waals surface area contributed by atoms with Crippen LogP contribution in [0.3, 0.4) is 0 Å². The van der Waals surface area contributed by atoms with Gasteiger partial charge in [-0.3, -0.25) is 0 Å². The fourth-order valence-electron chi connectivity index (χ4n) is 1.72. The van der Waals surface area contributed by atoms with Gasteiger partial charge in [0, 0.05) is 10.6 Å². The van der Waals surface area contributed by atoms with Gasteiger partial charge in [0.05, 0.1) is 6.10 Å². The van der Waals surface area contributed by atoms with Gasteiger partial charge in [0.15, 0.2) is 0 Å². The Balaban J connectivity index is 2.25. The van der Waals surface area contributed by atoms with Crippen LogP contribution in [-0.2, 0) is 0 Å². The minimum atomic E-state index is -0.423. The van der Waals surface area contributed by atoms with Gasteiger partial charge in [0.2, 0.25) is 0 Å². The molecule has 0 radical (unpaired) electrons. The molecule has 0 bridgehead atoms. The monoisotopic (exact) mass is 258 g/mol. The molecule has 0 spiro atoms. The Labute approximate surface area is 112 Å². The highest BCUT2D eigenvalue weighted by molar-refractivity contribution is 6.33. The van der Waals surface area contributed by atoms with Crippen molar-refractivity contribution in [3.63, 3.8) is 0 Å². The van der Waals surface area contributed by atoms with Crippen LogP contribution in [0.15, 0.2) is 54.6 Å². The van der Waals surface area contributed by atoms with Crippen molar-refractivity contribution >= 4 is 17.7 Å². The van der Waals surface area contributed by atoms with E-state index in [1.165, 1.54) is 0 Å². The van der Waals surface area contributed by atoms with Crippen LogP contribution in [0, 0.1) is 0 Å². The van der Waals surface area contributed by atoms with Crippen molar-refractivity contribution in [1.29, 1.82) is 0 Å². The first kappa shape index (κ1) is 12.9. The van der Waals surface area contributed by atoms with Crippen LogP contribution < -0.4 is 0 Å². The molecule has 0 aliphatic carbocycles. The molecule has 1 atom stereocenters. The molecule has 2 rings (SSSR count). The second-order valence-corrected chi connectivity index (χ2v) is 4.61. The summed E-state index contributed by atoms with van der Waals surface area (Å²) in [6, 6.07) is 15.9. The predicted octanol–water partition coefficient (Wildman–Crippen LogP) is 4.40. The molecule has 0 amide bonds. The summed E-state index contributed by atoms with van der Waals surface area (Å²) >= 11 is 6.15. The van der Waals surface area contributed by atoms with Crippen LogP contribution in [0.1, 0.15) is 12.5 Å². The molecule has 0 fully saturated rings. The molecule has 0 aliphatic rings. The van der Waals surface area contributed by atoms with E-state index in [2.05, 4.69) is 0 Å². The van der Waals surface area contributed by atoms with E-state index in [0.29, 0.717) is 0 Å². The highest BCUT2D eigenvalue weighted by Crippen LogP contribution is 2.27. The number of hydrogen-bond donors (Lipinski definition) is 1. The number of rotatable bonds is 3. The Bertz CT molecular complexity index is 541. The van der Waals surface area contributed by atoms with Gasteiger partial charge < -0.3 is 5.11 Å². The molecule has 0 aliphatic heterocycles. The lowest BCUT2D eigenvalue weighted by Gasteiger charge is -2.04. The Hall–Kier alpha value is -1.57. The van der Waals surface area contributed by atoms with Gasteiger partial charge in [-0.05, 0) is 24.1 Å². The predicted molar refractivity (Wildman–Crippen MR) is 77.6 cm³/mol. The van der Waals surface area contributed by atoms with E-state index in [1.807, 2.05) is 54.6 Å². The third-order valence-electron chi connectivity index (χ3n) is 2.66. The average molecular weight is 259 g/mol. The molecule has 0 heterocycles. The average Bonchev–Trinajstić information content (AvgIpc) is 2.38. The first-order valence-corrected chi connectivity index (χ1v) is 6.26. The molecule has 18 heavy (non-hydrogen) atoms. The number of aliphatic hydroxyl groups excluding tert-OH is 1. The fraction of sp³-hybridized carbons (Fsp3) is 0.125. The third kappa shape index (κ3) is 3.22. The highest BCUT2D eigenvalue weighted by Gasteiger charge is 2.01. The number of aliphatic hydroxyl groups is 1. The minimum absolute atomic E-state index is 0.423. The van der Waals surface area contributed by atoms with Crippen molar-refractivity contribution in [2.75, 3.05) is 0 Å². The van der Waals surface area contributed by atoms with Crippen LogP contribution in [0.2, 0.25) is 5.02 Å². The lowest BCUT2D eigenvalue weighted by molar-refractivity contribution is 0.245. The van der Waals surface area contributed by atoms with Crippen molar-refractivity contribution in [3.05, 3.63) is 65.2 Å². The van der Waals surface area contributed by atoms with E-state index in [9.17, 15) is 5.11 Å². The summed E-state index contributed by atoms with van der Waals surface area (Å²) in [5.41, 5.74) is 3.19. The normalized spacial score (nSPS) is 12.8. The van der Waals surface area contributed by atoms with E-state index in [0.717, 1.165) is 21.7 Å². The standard InChI is InChI=1S/C16H15ClO/c1-12(18)6-7-13-8-10-14(11-9-13)15-4-2-3-5-16(15)17/h2-12,18H,1H3. The quantitative estimate of drug-likeness (QED) is 0.865. The zero-order valence-electron chi connectivity index (χ0n) is 10.2. The summed E-state index contributed by atoms with van der Waals surface area (Å²) in [5, 5.41) is 9.93. The van der Waals surface area contributed by atoms with Crippen LogP contribution in [0.5, 0.6) is 0 Å². The molecule has 92 valence electrons. The van der Waals surface area contributed by atoms with Gasteiger partial charge in [-0.25, -0.2) is 0 Å². The number of hydrogen-bond acceptors (Lipinski definition) is 1. The van der Waals surface area contributed by atoms with E-state index < -0.39 is 6.10 Å². The molecular weight excluding hydrogens is 244 g/mol. The Morgan fingerprint density at radius 2 is 1.72 bits per heavy atom. The topological polar surface area (TPSA) is 20.2 Å². The summed E-state index contributed by atoms with van der Waals surface area (Å²) < 4.78 is 0. The fourth-order valence-corrected chi connectivity index (χ4v) is 1.96. The van der Waals surface area contributed by atoms with E-state index in [4.69, 9.17) is 11.6 Å². The van der Waals surface area contributed by atoms with Gasteiger partial charge in [0.1, 0.15) is 0 Å². The van der Waals surface area contributed by atoms with Gasteiger partial charge in [-0.15, -0.1) is 0 Å². The molecule has 0 saturated heterocycles. The van der Waals surface area contributed by atoms with Crippen molar-refractivity contribution in [2.45, 2.75) is 13.0 Å². The third-order valence-corrected chi connectivity index (χ3v) is 2.99. The smallest absolute Gasteiger partial charge is 0.0696 e. The van der Waals surface area contributed by atoms with Gasteiger partial charge in [-0.1, -0.05) is 66.2 Å². The Morgan fingerprint density at radius 3 is 2.33 bits per heavy atom. The maximum atomic E-state index is 9.18. The van der Waals surface area contributed by atoms with Gasteiger partial charge in [0.25, 0.3) is 0 Å². The first-order chi connectivity index (χ1) is 8.66. The molecule has 0 aromatic heterocycles.